The topological polar surface area (TPSA) is 106 Å². The van der Waals surface area contributed by atoms with Crippen LogP contribution in [0, 0.1) is 0 Å². The Labute approximate surface area is 396 Å². The van der Waals surface area contributed by atoms with Crippen molar-refractivity contribution in [3.8, 4) is 28.5 Å². The van der Waals surface area contributed by atoms with E-state index < -0.39 is 13.9 Å². The van der Waals surface area contributed by atoms with Crippen molar-refractivity contribution in [3.63, 3.8) is 0 Å². The Morgan fingerprint density at radius 2 is 1.40 bits per heavy atom. The summed E-state index contributed by atoms with van der Waals surface area (Å²) in [6.07, 6.45) is 3.02. The number of ether oxygens (including phenoxy) is 3. The van der Waals surface area contributed by atoms with Crippen LogP contribution < -0.4 is 18.8 Å². The Morgan fingerprint density at radius 3 is 2.09 bits per heavy atom. The van der Waals surface area contributed by atoms with Crippen LogP contribution in [0.25, 0.3) is 11.3 Å². The minimum Gasteiger partial charge on any atom is -0.544 e. The number of fused-ring (bicyclic) bond motifs is 3. The number of piperazine rings is 1. The molecule has 4 aliphatic rings. The highest BCUT2D eigenvalue weighted by atomic mass is 28.4. The fourth-order valence-electron chi connectivity index (χ4n) is 9.49. The van der Waals surface area contributed by atoms with Gasteiger partial charge < -0.3 is 33.0 Å². The molecule has 4 aromatic carbocycles. The molecule has 1 saturated heterocycles. The molecule has 0 saturated carbocycles. The lowest BCUT2D eigenvalue weighted by atomic mass is 9.92. The number of carbonyl (C=O) groups is 3. The highest BCUT2D eigenvalue weighted by Crippen LogP contribution is 2.44. The van der Waals surface area contributed by atoms with Gasteiger partial charge in [-0.25, -0.2) is 4.79 Å². The second-order valence-electron chi connectivity index (χ2n) is 20.9. The maximum absolute atomic E-state index is 15.5. The molecule has 5 aromatic rings. The molecule has 1 atom stereocenters. The standard InChI is InChI=1S/C54H65N5O7Si/c1-53(2,3)65-52(62)56-28-26-55(27-29-56)35-41-30-37-16-12-13-17-38(37)34-58(41)50(60)44-33-49-48(63-36-64-49)32-43(44)47-31-45(46-20-14-15-25-57(46)47)51(61)59(39-18-10-9-11-19-39)40-21-23-42(24-22-40)66-67(7,8)54(4,5)6/h9-13,16-19,21-24,31-33,41H,14-15,20,25-30,34-36H2,1-8H3/t41-/m0/s1. The lowest BCUT2D eigenvalue weighted by Gasteiger charge is -2.42. The average molecular weight is 924 g/mol. The van der Waals surface area contributed by atoms with E-state index in [2.05, 4.69) is 61.5 Å². The van der Waals surface area contributed by atoms with Crippen molar-refractivity contribution >= 4 is 37.6 Å². The number of benzene rings is 4. The van der Waals surface area contributed by atoms with Gasteiger partial charge in [0.25, 0.3) is 11.8 Å². The van der Waals surface area contributed by atoms with Crippen LogP contribution >= 0.6 is 0 Å². The second kappa shape index (κ2) is 18.2. The Balaban J connectivity index is 1.07. The van der Waals surface area contributed by atoms with E-state index in [4.69, 9.17) is 18.6 Å². The first kappa shape index (κ1) is 46.1. The van der Waals surface area contributed by atoms with E-state index in [0.717, 1.165) is 53.3 Å². The van der Waals surface area contributed by atoms with Gasteiger partial charge in [-0.05, 0) is 130 Å². The van der Waals surface area contributed by atoms with Crippen molar-refractivity contribution in [3.05, 3.63) is 125 Å². The normalized spacial score (nSPS) is 17.4. The summed E-state index contributed by atoms with van der Waals surface area (Å²) in [6.45, 7) is 21.1. The molecule has 1 fully saturated rings. The summed E-state index contributed by atoms with van der Waals surface area (Å²) in [5.41, 5.74) is 6.86. The van der Waals surface area contributed by atoms with Crippen LogP contribution in [0.2, 0.25) is 18.1 Å². The predicted molar refractivity (Wildman–Crippen MR) is 264 cm³/mol. The maximum Gasteiger partial charge on any atom is 0.410 e. The van der Waals surface area contributed by atoms with Crippen LogP contribution in [-0.2, 0) is 30.7 Å². The van der Waals surface area contributed by atoms with Gasteiger partial charge >= 0.3 is 6.09 Å². The Kier molecular flexibility index (Phi) is 12.5. The third kappa shape index (κ3) is 9.58. The average Bonchev–Trinajstić information content (AvgIpc) is 3.93. The van der Waals surface area contributed by atoms with E-state index in [1.165, 1.54) is 5.56 Å². The first-order valence-corrected chi connectivity index (χ1v) is 26.8. The second-order valence-corrected chi connectivity index (χ2v) is 25.6. The smallest absolute Gasteiger partial charge is 0.410 e. The van der Waals surface area contributed by atoms with E-state index in [-0.39, 0.29) is 35.8 Å². The van der Waals surface area contributed by atoms with Gasteiger partial charge in [0.2, 0.25) is 15.1 Å². The van der Waals surface area contributed by atoms with Gasteiger partial charge in [0.05, 0.1) is 11.1 Å². The minimum absolute atomic E-state index is 0.0369. The number of hydrogen-bond acceptors (Lipinski definition) is 8. The van der Waals surface area contributed by atoms with Gasteiger partial charge in [0.15, 0.2) is 11.5 Å². The minimum atomic E-state index is -2.09. The Bertz CT molecular complexity index is 2640. The molecule has 9 rings (SSSR count). The van der Waals surface area contributed by atoms with E-state index in [9.17, 15) is 4.79 Å². The SMILES string of the molecule is CC(C)(C)OC(=O)N1CCN(C[C@@H]2Cc3ccccc3CN2C(=O)c2cc3c(cc2-c2cc(C(=O)N(c4ccccc4)c4ccc(O[Si](C)(C)C(C)(C)C)cc4)c4n2CCCC4)OCO3)CC1. The number of rotatable bonds is 9. The van der Waals surface area contributed by atoms with Gasteiger partial charge in [-0.1, -0.05) is 63.2 Å². The third-order valence-electron chi connectivity index (χ3n) is 14.1. The number of nitrogens with zero attached hydrogens (tertiary/aromatic N) is 5. The van der Waals surface area contributed by atoms with Crippen LogP contribution in [0.15, 0.2) is 97.1 Å². The van der Waals surface area contributed by atoms with Gasteiger partial charge in [0, 0.05) is 80.2 Å². The molecule has 13 heteroatoms. The van der Waals surface area contributed by atoms with E-state index in [1.54, 1.807) is 9.80 Å². The summed E-state index contributed by atoms with van der Waals surface area (Å²) in [4.78, 5) is 51.8. The van der Waals surface area contributed by atoms with Gasteiger partial charge in [-0.15, -0.1) is 0 Å². The van der Waals surface area contributed by atoms with Gasteiger partial charge in [0.1, 0.15) is 11.4 Å². The predicted octanol–water partition coefficient (Wildman–Crippen LogP) is 10.7. The van der Waals surface area contributed by atoms with Crippen LogP contribution in [0.1, 0.15) is 91.9 Å². The lowest BCUT2D eigenvalue weighted by Crippen LogP contribution is -2.55. The molecule has 3 amide bonds. The molecule has 67 heavy (non-hydrogen) atoms. The fraction of sp³-hybridized carbons (Fsp3) is 0.426. The maximum atomic E-state index is 15.5. The number of anilines is 2. The zero-order valence-corrected chi connectivity index (χ0v) is 41.4. The molecule has 0 bridgehead atoms. The zero-order chi connectivity index (χ0) is 47.3. The number of aromatic nitrogens is 1. The molecule has 0 spiro atoms. The van der Waals surface area contributed by atoms with E-state index >= 15 is 9.59 Å². The van der Waals surface area contributed by atoms with Crippen molar-refractivity contribution in [1.29, 1.82) is 0 Å². The van der Waals surface area contributed by atoms with E-state index in [0.29, 0.717) is 80.4 Å². The zero-order valence-electron chi connectivity index (χ0n) is 40.4. The van der Waals surface area contributed by atoms with Crippen molar-refractivity contribution in [2.24, 2.45) is 0 Å². The summed E-state index contributed by atoms with van der Waals surface area (Å²) in [6, 6.07) is 31.7. The summed E-state index contributed by atoms with van der Waals surface area (Å²) in [5, 5.41) is 0.0369. The monoisotopic (exact) mass is 923 g/mol. The van der Waals surface area contributed by atoms with Gasteiger partial charge in [-0.3, -0.25) is 19.4 Å². The Morgan fingerprint density at radius 1 is 0.746 bits per heavy atom. The highest BCUT2D eigenvalue weighted by Gasteiger charge is 2.40. The molecular formula is C54H65N5O7Si. The molecule has 1 aromatic heterocycles. The summed E-state index contributed by atoms with van der Waals surface area (Å²) >= 11 is 0. The van der Waals surface area contributed by atoms with Crippen molar-refractivity contribution in [2.45, 2.75) is 110 Å². The molecule has 0 unspecified atom stereocenters. The molecular weight excluding hydrogens is 859 g/mol. The lowest BCUT2D eigenvalue weighted by molar-refractivity contribution is 0.0116. The third-order valence-corrected chi connectivity index (χ3v) is 18.5. The summed E-state index contributed by atoms with van der Waals surface area (Å²) in [5.74, 6) is 1.64. The first-order chi connectivity index (χ1) is 31.9. The van der Waals surface area contributed by atoms with E-state index in [1.807, 2.05) is 105 Å². The molecule has 12 nitrogen and oxygen atoms in total. The van der Waals surface area contributed by atoms with Crippen LogP contribution in [0.4, 0.5) is 16.2 Å². The first-order valence-electron chi connectivity index (χ1n) is 23.9. The van der Waals surface area contributed by atoms with Crippen LogP contribution in [0.5, 0.6) is 17.2 Å². The molecule has 0 N–H and O–H groups in total. The number of amides is 3. The molecule has 0 aliphatic carbocycles. The van der Waals surface area contributed by atoms with Crippen molar-refractivity contribution < 1.29 is 33.0 Å². The fourth-order valence-corrected chi connectivity index (χ4v) is 10.5. The van der Waals surface area contributed by atoms with Crippen LogP contribution in [0.3, 0.4) is 0 Å². The van der Waals surface area contributed by atoms with Crippen molar-refractivity contribution in [2.75, 3.05) is 44.4 Å². The molecule has 4 aliphatic heterocycles. The number of carbonyl (C=O) groups excluding carboxylic acids is 3. The Hall–Kier alpha value is -6.05. The summed E-state index contributed by atoms with van der Waals surface area (Å²) in [7, 11) is -2.09. The van der Waals surface area contributed by atoms with Crippen LogP contribution in [-0.4, -0.2) is 96.7 Å². The highest BCUT2D eigenvalue weighted by molar-refractivity contribution is 6.74. The van der Waals surface area contributed by atoms with Gasteiger partial charge in [-0.2, -0.15) is 0 Å². The summed E-state index contributed by atoms with van der Waals surface area (Å²) < 4.78 is 26.5. The quantitative estimate of drug-likeness (QED) is 0.135. The largest absolute Gasteiger partial charge is 0.544 e. The number of hydrogen-bond donors (Lipinski definition) is 0. The molecule has 352 valence electrons. The van der Waals surface area contributed by atoms with Crippen molar-refractivity contribution in [1.82, 2.24) is 19.3 Å². The molecule has 5 heterocycles. The number of para-hydroxylation sites is 1. The molecule has 0 radical (unpaired) electrons.